The summed E-state index contributed by atoms with van der Waals surface area (Å²) in [6.45, 7) is 0. The third-order valence-corrected chi connectivity index (χ3v) is 1.22. The van der Waals surface area contributed by atoms with E-state index < -0.39 is 19.0 Å². The fraction of sp³-hybridized carbons (Fsp3) is 0.600. The number of halogens is 3. The van der Waals surface area contributed by atoms with E-state index in [1.54, 1.807) is 0 Å². The number of aryl methyl sites for hydroxylation is 1. The topological polar surface area (TPSA) is 53.0 Å². The number of aromatic nitrogens is 2. The summed E-state index contributed by atoms with van der Waals surface area (Å²) in [6, 6.07) is 0. The fourth-order valence-corrected chi connectivity index (χ4v) is 0.652. The molecule has 1 aromatic heterocycles. The highest BCUT2D eigenvalue weighted by atomic mass is 19.4. The summed E-state index contributed by atoms with van der Waals surface area (Å²) >= 11 is 0. The summed E-state index contributed by atoms with van der Waals surface area (Å²) in [4.78, 5) is -0.0360. The molecule has 0 aliphatic carbocycles. The standard InChI is InChI=1S/C5H5F3N2O2/c6-5(7,8)2-1-4-3-9-12-10(4)11/h3H,1-2H2. The molecule has 0 aromatic carbocycles. The van der Waals surface area contributed by atoms with Gasteiger partial charge in [-0.2, -0.15) is 13.2 Å². The zero-order valence-corrected chi connectivity index (χ0v) is 5.84. The second-order valence-electron chi connectivity index (χ2n) is 2.18. The predicted molar refractivity (Wildman–Crippen MR) is 29.8 cm³/mol. The van der Waals surface area contributed by atoms with Crippen LogP contribution in [0.2, 0.25) is 0 Å². The summed E-state index contributed by atoms with van der Waals surface area (Å²) in [7, 11) is 0. The molecule has 7 heteroatoms. The molecule has 0 aliphatic heterocycles. The lowest BCUT2D eigenvalue weighted by Crippen LogP contribution is -2.28. The molecule has 68 valence electrons. The zero-order chi connectivity index (χ0) is 9.19. The fourth-order valence-electron chi connectivity index (χ4n) is 0.652. The molecule has 0 unspecified atom stereocenters. The number of alkyl halides is 3. The van der Waals surface area contributed by atoms with Gasteiger partial charge in [-0.3, -0.25) is 4.63 Å². The summed E-state index contributed by atoms with van der Waals surface area (Å²) in [6.07, 6.45) is -4.74. The van der Waals surface area contributed by atoms with Crippen molar-refractivity contribution in [3.63, 3.8) is 0 Å². The summed E-state index contributed by atoms with van der Waals surface area (Å²) in [5.41, 5.74) is -0.118. The van der Waals surface area contributed by atoms with E-state index in [9.17, 15) is 18.4 Å². The smallest absolute Gasteiger partial charge is 0.359 e. The first-order valence-corrected chi connectivity index (χ1v) is 3.09. The maximum atomic E-state index is 11.6. The van der Waals surface area contributed by atoms with Crippen LogP contribution in [0.4, 0.5) is 13.2 Å². The number of hydrogen-bond donors (Lipinski definition) is 0. The van der Waals surface area contributed by atoms with Crippen LogP contribution in [0.25, 0.3) is 0 Å². The van der Waals surface area contributed by atoms with E-state index in [0.717, 1.165) is 6.20 Å². The Kier molecular flexibility index (Phi) is 2.20. The largest absolute Gasteiger partial charge is 0.389 e. The van der Waals surface area contributed by atoms with Crippen LogP contribution in [-0.2, 0) is 6.42 Å². The molecule has 0 saturated carbocycles. The van der Waals surface area contributed by atoms with Crippen molar-refractivity contribution < 1.29 is 22.7 Å². The molecule has 1 heterocycles. The third-order valence-electron chi connectivity index (χ3n) is 1.22. The Balaban J connectivity index is 2.49. The van der Waals surface area contributed by atoms with Gasteiger partial charge >= 0.3 is 6.18 Å². The molecule has 0 radical (unpaired) electrons. The van der Waals surface area contributed by atoms with Crippen LogP contribution >= 0.6 is 0 Å². The second-order valence-corrected chi connectivity index (χ2v) is 2.18. The third kappa shape index (κ3) is 2.40. The molecule has 0 aliphatic rings. The number of rotatable bonds is 2. The highest BCUT2D eigenvalue weighted by Crippen LogP contribution is 2.20. The Morgan fingerprint density at radius 3 is 2.67 bits per heavy atom. The quantitative estimate of drug-likeness (QED) is 0.635. The summed E-state index contributed by atoms with van der Waals surface area (Å²) in [5, 5.41) is 13.5. The van der Waals surface area contributed by atoms with E-state index in [1.807, 2.05) is 0 Å². The van der Waals surface area contributed by atoms with Crippen molar-refractivity contribution in [2.45, 2.75) is 19.0 Å². The molecule has 12 heavy (non-hydrogen) atoms. The molecule has 0 bridgehead atoms. The first-order valence-electron chi connectivity index (χ1n) is 3.09. The monoisotopic (exact) mass is 182 g/mol. The van der Waals surface area contributed by atoms with Crippen molar-refractivity contribution >= 4 is 0 Å². The van der Waals surface area contributed by atoms with Gasteiger partial charge < -0.3 is 5.21 Å². The van der Waals surface area contributed by atoms with Gasteiger partial charge in [0.25, 0.3) is 0 Å². The first-order chi connectivity index (χ1) is 5.49. The maximum Gasteiger partial charge on any atom is 0.389 e. The van der Waals surface area contributed by atoms with Gasteiger partial charge in [0.15, 0.2) is 5.69 Å². The minimum absolute atomic E-state index is 0.0360. The predicted octanol–water partition coefficient (Wildman–Crippen LogP) is 0.803. The Morgan fingerprint density at radius 2 is 2.25 bits per heavy atom. The minimum atomic E-state index is -4.26. The van der Waals surface area contributed by atoms with Crippen LogP contribution in [0.15, 0.2) is 10.8 Å². The van der Waals surface area contributed by atoms with Gasteiger partial charge in [-0.05, 0) is 4.90 Å². The Bertz CT molecular complexity index is 257. The maximum absolute atomic E-state index is 11.6. The average Bonchev–Trinajstić information content (AvgIpc) is 2.29. The van der Waals surface area contributed by atoms with E-state index in [1.165, 1.54) is 0 Å². The van der Waals surface area contributed by atoms with Gasteiger partial charge in [0.05, 0.1) is 6.42 Å². The molecule has 1 aromatic rings. The van der Waals surface area contributed by atoms with Crippen molar-refractivity contribution in [3.05, 3.63) is 17.1 Å². The van der Waals surface area contributed by atoms with Crippen LogP contribution in [0.3, 0.4) is 0 Å². The minimum Gasteiger partial charge on any atom is -0.359 e. The molecule has 4 nitrogen and oxygen atoms in total. The second kappa shape index (κ2) is 3.00. The first kappa shape index (κ1) is 8.82. The molecule has 0 amide bonds. The van der Waals surface area contributed by atoms with Gasteiger partial charge in [-0.25, -0.2) is 0 Å². The molecule has 0 fully saturated rings. The van der Waals surface area contributed by atoms with Gasteiger partial charge in [-0.1, -0.05) is 0 Å². The lowest BCUT2D eigenvalue weighted by molar-refractivity contribution is -0.808. The van der Waals surface area contributed by atoms with Crippen molar-refractivity contribution in [2.24, 2.45) is 0 Å². The van der Waals surface area contributed by atoms with E-state index in [0.29, 0.717) is 0 Å². The van der Waals surface area contributed by atoms with Gasteiger partial charge in [0, 0.05) is 11.6 Å². The number of nitrogens with zero attached hydrogens (tertiary/aromatic N) is 2. The van der Waals surface area contributed by atoms with Crippen LogP contribution in [0.1, 0.15) is 12.1 Å². The van der Waals surface area contributed by atoms with Crippen LogP contribution < -0.4 is 4.90 Å². The van der Waals surface area contributed by atoms with E-state index >= 15 is 0 Å². The molecule has 0 atom stereocenters. The lowest BCUT2D eigenvalue weighted by Gasteiger charge is -2.02. The molecular formula is C5H5F3N2O2. The van der Waals surface area contributed by atoms with E-state index in [4.69, 9.17) is 0 Å². The van der Waals surface area contributed by atoms with Crippen LogP contribution in [-0.4, -0.2) is 11.3 Å². The highest BCUT2D eigenvalue weighted by Gasteiger charge is 2.28. The zero-order valence-electron chi connectivity index (χ0n) is 5.84. The van der Waals surface area contributed by atoms with E-state index in [2.05, 4.69) is 9.79 Å². The normalized spacial score (nSPS) is 11.9. The van der Waals surface area contributed by atoms with E-state index in [-0.39, 0.29) is 10.6 Å². The summed E-state index contributed by atoms with van der Waals surface area (Å²) in [5.74, 6) is 0. The Hall–Kier alpha value is -1.27. The molecular weight excluding hydrogens is 177 g/mol. The van der Waals surface area contributed by atoms with Crippen molar-refractivity contribution in [2.75, 3.05) is 0 Å². The van der Waals surface area contributed by atoms with Crippen LogP contribution in [0.5, 0.6) is 0 Å². The molecule has 0 saturated heterocycles. The van der Waals surface area contributed by atoms with Crippen molar-refractivity contribution in [3.8, 4) is 0 Å². The highest BCUT2D eigenvalue weighted by molar-refractivity contribution is 4.84. The van der Waals surface area contributed by atoms with Gasteiger partial charge in [0.2, 0.25) is 6.20 Å². The number of hydrogen-bond acceptors (Lipinski definition) is 3. The molecule has 0 N–H and O–H groups in total. The van der Waals surface area contributed by atoms with Crippen molar-refractivity contribution in [1.82, 2.24) is 5.16 Å². The lowest BCUT2D eigenvalue weighted by atomic mass is 10.2. The Labute approximate surface area is 65.1 Å². The Morgan fingerprint density at radius 1 is 1.58 bits per heavy atom. The van der Waals surface area contributed by atoms with Gasteiger partial charge in [0.1, 0.15) is 0 Å². The average molecular weight is 182 g/mol. The van der Waals surface area contributed by atoms with Gasteiger partial charge in [-0.15, -0.1) is 0 Å². The molecule has 1 rings (SSSR count). The van der Waals surface area contributed by atoms with Crippen molar-refractivity contribution in [1.29, 1.82) is 0 Å². The SMILES string of the molecule is [O-][n+]1oncc1CCC(F)(F)F. The van der Waals surface area contributed by atoms with Crippen LogP contribution in [0, 0.1) is 5.21 Å². The molecule has 0 spiro atoms. The summed E-state index contributed by atoms with van der Waals surface area (Å²) < 4.78 is 38.8.